The molecule has 0 spiro atoms. The van der Waals surface area contributed by atoms with Crippen LogP contribution < -0.4 is 0 Å². The number of benzene rings is 2. The normalized spacial score (nSPS) is 15.0. The second kappa shape index (κ2) is 6.16. The minimum absolute atomic E-state index is 0.278. The average molecular weight is 331 g/mol. The van der Waals surface area contributed by atoms with Crippen molar-refractivity contribution in [1.29, 1.82) is 0 Å². The molecule has 0 saturated carbocycles. The molecule has 23 heavy (non-hydrogen) atoms. The van der Waals surface area contributed by atoms with Crippen LogP contribution in [0.4, 0.5) is 4.39 Å². The first-order chi connectivity index (χ1) is 11.0. The van der Waals surface area contributed by atoms with E-state index >= 15 is 0 Å². The first-order valence-corrected chi connectivity index (χ1v) is 8.96. The predicted molar refractivity (Wildman–Crippen MR) is 88.6 cm³/mol. The van der Waals surface area contributed by atoms with Gasteiger partial charge in [0.05, 0.1) is 4.90 Å². The van der Waals surface area contributed by atoms with E-state index in [1.54, 1.807) is 49.5 Å². The zero-order chi connectivity index (χ0) is 16.4. The highest BCUT2D eigenvalue weighted by Gasteiger charge is 2.27. The summed E-state index contributed by atoms with van der Waals surface area (Å²) in [4.78, 5) is 0.278. The molecule has 0 aliphatic heterocycles. The number of hydrogen-bond donors (Lipinski definition) is 0. The Morgan fingerprint density at radius 1 is 0.957 bits per heavy atom. The van der Waals surface area contributed by atoms with Gasteiger partial charge < -0.3 is 0 Å². The Kier molecular flexibility index (Phi) is 4.22. The van der Waals surface area contributed by atoms with E-state index in [1.165, 1.54) is 16.4 Å². The first-order valence-electron chi connectivity index (χ1n) is 7.52. The molecule has 2 aromatic rings. The first kappa shape index (κ1) is 15.7. The molecule has 1 aliphatic carbocycles. The zero-order valence-electron chi connectivity index (χ0n) is 12.9. The standard InChI is InChI=1S/C18H18FNO2S/c1-20(23(21,22)16-6-3-2-4-7-16)18-9-5-8-17(18)14-10-12-15(19)13-11-14/h2-4,6-7,10-13H,5,8-9H2,1H3. The predicted octanol–water partition coefficient (Wildman–Crippen LogP) is 4.04. The molecule has 0 atom stereocenters. The van der Waals surface area contributed by atoms with Crippen LogP contribution in [0.2, 0.25) is 0 Å². The maximum Gasteiger partial charge on any atom is 0.263 e. The van der Waals surface area contributed by atoms with Crippen LogP contribution in [0, 0.1) is 5.82 Å². The van der Waals surface area contributed by atoms with Gasteiger partial charge in [-0.05, 0) is 54.7 Å². The van der Waals surface area contributed by atoms with Crippen LogP contribution in [0.3, 0.4) is 0 Å². The fourth-order valence-corrected chi connectivity index (χ4v) is 4.24. The van der Waals surface area contributed by atoms with Crippen LogP contribution in [-0.2, 0) is 10.0 Å². The molecule has 1 aliphatic rings. The summed E-state index contributed by atoms with van der Waals surface area (Å²) in [5, 5.41) is 0. The summed E-state index contributed by atoms with van der Waals surface area (Å²) < 4.78 is 40.1. The molecule has 0 N–H and O–H groups in total. The Morgan fingerprint density at radius 3 is 2.26 bits per heavy atom. The van der Waals surface area contributed by atoms with E-state index in [1.807, 2.05) is 0 Å². The van der Waals surface area contributed by atoms with Crippen LogP contribution in [0.5, 0.6) is 0 Å². The van der Waals surface area contributed by atoms with Gasteiger partial charge in [-0.25, -0.2) is 12.8 Å². The fraction of sp³-hybridized carbons (Fsp3) is 0.222. The zero-order valence-corrected chi connectivity index (χ0v) is 13.7. The van der Waals surface area contributed by atoms with E-state index in [2.05, 4.69) is 0 Å². The molecule has 0 saturated heterocycles. The van der Waals surface area contributed by atoms with Crippen LogP contribution in [0.1, 0.15) is 24.8 Å². The molecule has 0 fully saturated rings. The molecule has 0 unspecified atom stereocenters. The Hall–Kier alpha value is -2.14. The Labute approximate surface area is 136 Å². The minimum Gasteiger partial charge on any atom is -0.273 e. The summed E-state index contributed by atoms with van der Waals surface area (Å²) in [5.41, 5.74) is 2.65. The number of hydrogen-bond acceptors (Lipinski definition) is 2. The third-order valence-corrected chi connectivity index (χ3v) is 5.97. The highest BCUT2D eigenvalue weighted by atomic mass is 32.2. The molecule has 0 aromatic heterocycles. The monoisotopic (exact) mass is 331 g/mol. The van der Waals surface area contributed by atoms with Crippen LogP contribution in [0.25, 0.3) is 5.57 Å². The lowest BCUT2D eigenvalue weighted by molar-refractivity contribution is 0.517. The third kappa shape index (κ3) is 3.01. The van der Waals surface area contributed by atoms with E-state index in [0.29, 0.717) is 6.42 Å². The maximum atomic E-state index is 13.1. The second-order valence-corrected chi connectivity index (χ2v) is 7.54. The van der Waals surface area contributed by atoms with Crippen molar-refractivity contribution in [2.24, 2.45) is 0 Å². The number of rotatable bonds is 4. The van der Waals surface area contributed by atoms with Gasteiger partial charge in [0.15, 0.2) is 0 Å². The number of sulfonamides is 1. The van der Waals surface area contributed by atoms with Crippen molar-refractivity contribution >= 4 is 15.6 Å². The molecule has 0 bridgehead atoms. The molecular weight excluding hydrogens is 313 g/mol. The summed E-state index contributed by atoms with van der Waals surface area (Å²) in [7, 11) is -1.98. The van der Waals surface area contributed by atoms with E-state index in [0.717, 1.165) is 29.7 Å². The SMILES string of the molecule is CN(C1=C(c2ccc(F)cc2)CCC1)S(=O)(=O)c1ccccc1. The molecule has 3 rings (SSSR count). The molecule has 2 aromatic carbocycles. The van der Waals surface area contributed by atoms with Gasteiger partial charge >= 0.3 is 0 Å². The van der Waals surface area contributed by atoms with Crippen molar-refractivity contribution < 1.29 is 12.8 Å². The Morgan fingerprint density at radius 2 is 1.61 bits per heavy atom. The van der Waals surface area contributed by atoms with Gasteiger partial charge in [-0.2, -0.15) is 0 Å². The number of allylic oxidation sites excluding steroid dienone is 2. The summed E-state index contributed by atoms with van der Waals surface area (Å²) in [6, 6.07) is 14.6. The van der Waals surface area contributed by atoms with E-state index in [9.17, 15) is 12.8 Å². The second-order valence-electron chi connectivity index (χ2n) is 5.57. The van der Waals surface area contributed by atoms with Gasteiger partial charge in [0.25, 0.3) is 10.0 Å². The molecule has 0 heterocycles. The summed E-state index contributed by atoms with van der Waals surface area (Å²) in [5.74, 6) is -0.292. The van der Waals surface area contributed by atoms with Crippen molar-refractivity contribution in [3.05, 3.63) is 71.7 Å². The Balaban J connectivity index is 2.02. The van der Waals surface area contributed by atoms with Gasteiger partial charge in [0.1, 0.15) is 5.82 Å². The van der Waals surface area contributed by atoms with E-state index in [4.69, 9.17) is 0 Å². The average Bonchev–Trinajstić information content (AvgIpc) is 3.05. The quantitative estimate of drug-likeness (QED) is 0.848. The van der Waals surface area contributed by atoms with Gasteiger partial charge in [-0.3, -0.25) is 4.31 Å². The lowest BCUT2D eigenvalue weighted by Gasteiger charge is -2.22. The van der Waals surface area contributed by atoms with Gasteiger partial charge in [0.2, 0.25) is 0 Å². The summed E-state index contributed by atoms with van der Waals surface area (Å²) >= 11 is 0. The Bertz CT molecular complexity index is 827. The van der Waals surface area contributed by atoms with Crippen molar-refractivity contribution in [2.75, 3.05) is 7.05 Å². The largest absolute Gasteiger partial charge is 0.273 e. The molecule has 0 radical (unpaired) electrons. The molecular formula is C18H18FNO2S. The maximum absolute atomic E-state index is 13.1. The van der Waals surface area contributed by atoms with Crippen molar-refractivity contribution in [3.8, 4) is 0 Å². The molecule has 0 amide bonds. The van der Waals surface area contributed by atoms with Crippen LogP contribution >= 0.6 is 0 Å². The van der Waals surface area contributed by atoms with Crippen LogP contribution in [-0.4, -0.2) is 19.8 Å². The highest BCUT2D eigenvalue weighted by molar-refractivity contribution is 7.89. The molecule has 5 heteroatoms. The smallest absolute Gasteiger partial charge is 0.263 e. The topological polar surface area (TPSA) is 37.4 Å². The number of nitrogens with zero attached hydrogens (tertiary/aromatic N) is 1. The van der Waals surface area contributed by atoms with Crippen LogP contribution in [0.15, 0.2) is 65.2 Å². The van der Waals surface area contributed by atoms with E-state index < -0.39 is 10.0 Å². The molecule has 120 valence electrons. The molecule has 3 nitrogen and oxygen atoms in total. The number of halogens is 1. The van der Waals surface area contributed by atoms with Gasteiger partial charge in [-0.15, -0.1) is 0 Å². The fourth-order valence-electron chi connectivity index (χ4n) is 2.93. The van der Waals surface area contributed by atoms with Crippen molar-refractivity contribution in [2.45, 2.75) is 24.2 Å². The van der Waals surface area contributed by atoms with Crippen molar-refractivity contribution in [1.82, 2.24) is 4.31 Å². The summed E-state index contributed by atoms with van der Waals surface area (Å²) in [6.07, 6.45) is 2.40. The lowest BCUT2D eigenvalue weighted by Crippen LogP contribution is -2.26. The van der Waals surface area contributed by atoms with Gasteiger partial charge in [-0.1, -0.05) is 30.3 Å². The van der Waals surface area contributed by atoms with Crippen molar-refractivity contribution in [3.63, 3.8) is 0 Å². The summed E-state index contributed by atoms with van der Waals surface area (Å²) in [6.45, 7) is 0. The lowest BCUT2D eigenvalue weighted by atomic mass is 10.0. The third-order valence-electron chi connectivity index (χ3n) is 4.16. The van der Waals surface area contributed by atoms with E-state index in [-0.39, 0.29) is 10.7 Å². The minimum atomic E-state index is -3.57. The highest BCUT2D eigenvalue weighted by Crippen LogP contribution is 2.37. The van der Waals surface area contributed by atoms with Gasteiger partial charge in [0, 0.05) is 12.7 Å².